The van der Waals surface area contributed by atoms with Crippen LogP contribution in [0, 0.1) is 0 Å². The third-order valence-corrected chi connectivity index (χ3v) is 3.00. The van der Waals surface area contributed by atoms with Gasteiger partial charge in [-0.3, -0.25) is 4.79 Å². The first-order chi connectivity index (χ1) is 9.06. The Labute approximate surface area is 113 Å². The molecular formula is C14H21N3O2. The number of carbonyl (C=O) groups is 2. The average Bonchev–Trinajstić information content (AvgIpc) is 2.42. The van der Waals surface area contributed by atoms with Crippen LogP contribution in [0.1, 0.15) is 42.6 Å². The van der Waals surface area contributed by atoms with E-state index in [0.717, 1.165) is 18.4 Å². The Kier molecular flexibility index (Phi) is 5.85. The van der Waals surface area contributed by atoms with Crippen LogP contribution in [-0.2, 0) is 6.54 Å². The van der Waals surface area contributed by atoms with Gasteiger partial charge in [-0.15, -0.1) is 0 Å². The number of nitrogens with two attached hydrogens (primary N) is 1. The zero-order chi connectivity index (χ0) is 14.3. The molecule has 5 nitrogen and oxygen atoms in total. The second-order valence-electron chi connectivity index (χ2n) is 4.40. The molecule has 0 aliphatic rings. The van der Waals surface area contributed by atoms with Gasteiger partial charge < -0.3 is 16.4 Å². The summed E-state index contributed by atoms with van der Waals surface area (Å²) >= 11 is 0. The van der Waals surface area contributed by atoms with Crippen molar-refractivity contribution in [3.63, 3.8) is 0 Å². The normalized spacial score (nSPS) is 10.3. The number of amides is 3. The summed E-state index contributed by atoms with van der Waals surface area (Å²) in [6.07, 6.45) is 1.84. The fourth-order valence-corrected chi connectivity index (χ4v) is 1.72. The van der Waals surface area contributed by atoms with E-state index in [9.17, 15) is 9.59 Å². The summed E-state index contributed by atoms with van der Waals surface area (Å²) in [6.45, 7) is 4.46. The summed E-state index contributed by atoms with van der Waals surface area (Å²) < 4.78 is 0. The molecule has 19 heavy (non-hydrogen) atoms. The first kappa shape index (κ1) is 15.0. The second-order valence-corrected chi connectivity index (χ2v) is 4.40. The molecular weight excluding hydrogens is 242 g/mol. The maximum atomic E-state index is 11.9. The number of carbonyl (C=O) groups excluding carboxylic acids is 2. The van der Waals surface area contributed by atoms with Crippen LogP contribution >= 0.6 is 0 Å². The molecule has 0 aliphatic heterocycles. The molecule has 5 heteroatoms. The van der Waals surface area contributed by atoms with Crippen LogP contribution in [0.4, 0.5) is 4.79 Å². The molecule has 3 amide bonds. The fraction of sp³-hybridized carbons (Fsp3) is 0.429. The number of benzene rings is 1. The van der Waals surface area contributed by atoms with Crippen LogP contribution in [0.25, 0.3) is 0 Å². The molecule has 1 aromatic carbocycles. The van der Waals surface area contributed by atoms with E-state index in [-0.39, 0.29) is 11.9 Å². The Morgan fingerprint density at radius 2 is 1.74 bits per heavy atom. The summed E-state index contributed by atoms with van der Waals surface area (Å²) in [5.74, 6) is -0.0666. The van der Waals surface area contributed by atoms with Crippen LogP contribution < -0.4 is 16.4 Å². The van der Waals surface area contributed by atoms with Crippen LogP contribution in [0.15, 0.2) is 24.3 Å². The SMILES string of the molecule is CCC(CC)NC(=O)c1ccc(CNC(N)=O)cc1. The molecule has 0 spiro atoms. The van der Waals surface area contributed by atoms with Gasteiger partial charge in [0, 0.05) is 18.2 Å². The number of hydrogen-bond donors (Lipinski definition) is 3. The molecule has 0 heterocycles. The number of primary amides is 1. The van der Waals surface area contributed by atoms with Crippen LogP contribution in [0.2, 0.25) is 0 Å². The Morgan fingerprint density at radius 1 is 1.16 bits per heavy atom. The highest BCUT2D eigenvalue weighted by Gasteiger charge is 2.10. The molecule has 0 radical (unpaired) electrons. The van der Waals surface area contributed by atoms with E-state index in [0.29, 0.717) is 12.1 Å². The lowest BCUT2D eigenvalue weighted by molar-refractivity contribution is 0.0935. The summed E-state index contributed by atoms with van der Waals surface area (Å²) in [7, 11) is 0. The van der Waals surface area contributed by atoms with Gasteiger partial charge in [0.1, 0.15) is 0 Å². The highest BCUT2D eigenvalue weighted by molar-refractivity contribution is 5.94. The molecule has 4 N–H and O–H groups in total. The van der Waals surface area contributed by atoms with Gasteiger partial charge in [-0.05, 0) is 30.5 Å². The summed E-state index contributed by atoms with van der Waals surface area (Å²) in [4.78, 5) is 22.5. The number of hydrogen-bond acceptors (Lipinski definition) is 2. The van der Waals surface area contributed by atoms with Crippen molar-refractivity contribution in [2.24, 2.45) is 5.73 Å². The van der Waals surface area contributed by atoms with Gasteiger partial charge in [0.15, 0.2) is 0 Å². The smallest absolute Gasteiger partial charge is 0.312 e. The van der Waals surface area contributed by atoms with E-state index in [1.54, 1.807) is 24.3 Å². The van der Waals surface area contributed by atoms with Gasteiger partial charge in [0.05, 0.1) is 0 Å². The largest absolute Gasteiger partial charge is 0.352 e. The van der Waals surface area contributed by atoms with Gasteiger partial charge in [0.2, 0.25) is 0 Å². The number of urea groups is 1. The number of rotatable bonds is 6. The van der Waals surface area contributed by atoms with Crippen molar-refractivity contribution in [2.75, 3.05) is 0 Å². The van der Waals surface area contributed by atoms with Crippen molar-refractivity contribution in [1.29, 1.82) is 0 Å². The van der Waals surface area contributed by atoms with Crippen LogP contribution in [-0.4, -0.2) is 18.0 Å². The molecule has 0 fully saturated rings. The van der Waals surface area contributed by atoms with E-state index in [2.05, 4.69) is 10.6 Å². The minimum Gasteiger partial charge on any atom is -0.352 e. The van der Waals surface area contributed by atoms with E-state index in [1.807, 2.05) is 13.8 Å². The maximum absolute atomic E-state index is 11.9. The van der Waals surface area contributed by atoms with Gasteiger partial charge in [0.25, 0.3) is 5.91 Å². The molecule has 0 bridgehead atoms. The zero-order valence-electron chi connectivity index (χ0n) is 11.4. The van der Waals surface area contributed by atoms with Gasteiger partial charge in [-0.2, -0.15) is 0 Å². The average molecular weight is 263 g/mol. The molecule has 1 aromatic rings. The van der Waals surface area contributed by atoms with E-state index < -0.39 is 6.03 Å². The Hall–Kier alpha value is -2.04. The fourth-order valence-electron chi connectivity index (χ4n) is 1.72. The van der Waals surface area contributed by atoms with E-state index >= 15 is 0 Å². The summed E-state index contributed by atoms with van der Waals surface area (Å²) in [6, 6.07) is 6.75. The van der Waals surface area contributed by atoms with Crippen LogP contribution in [0.3, 0.4) is 0 Å². The Balaban J connectivity index is 2.60. The third-order valence-electron chi connectivity index (χ3n) is 3.00. The van der Waals surface area contributed by atoms with Gasteiger partial charge in [-0.1, -0.05) is 26.0 Å². The second kappa shape index (κ2) is 7.41. The molecule has 0 unspecified atom stereocenters. The minimum absolute atomic E-state index is 0.0666. The third kappa shape index (κ3) is 4.99. The lowest BCUT2D eigenvalue weighted by Crippen LogP contribution is -2.33. The Morgan fingerprint density at radius 3 is 2.21 bits per heavy atom. The molecule has 0 aromatic heterocycles. The zero-order valence-corrected chi connectivity index (χ0v) is 11.4. The lowest BCUT2D eigenvalue weighted by Gasteiger charge is -2.14. The standard InChI is InChI=1S/C14H21N3O2/c1-3-12(4-2)17-13(18)11-7-5-10(6-8-11)9-16-14(15)19/h5-8,12H,3-4,9H2,1-2H3,(H,17,18)(H3,15,16,19). The van der Waals surface area contributed by atoms with Gasteiger partial charge >= 0.3 is 6.03 Å². The van der Waals surface area contributed by atoms with Crippen molar-refractivity contribution in [2.45, 2.75) is 39.3 Å². The summed E-state index contributed by atoms with van der Waals surface area (Å²) in [5, 5.41) is 5.47. The minimum atomic E-state index is -0.560. The highest BCUT2D eigenvalue weighted by atomic mass is 16.2. The van der Waals surface area contributed by atoms with Crippen LogP contribution in [0.5, 0.6) is 0 Å². The van der Waals surface area contributed by atoms with Crippen molar-refractivity contribution in [1.82, 2.24) is 10.6 Å². The molecule has 0 saturated carbocycles. The number of nitrogens with one attached hydrogen (secondary N) is 2. The van der Waals surface area contributed by atoms with Gasteiger partial charge in [-0.25, -0.2) is 4.79 Å². The Bertz CT molecular complexity index is 425. The topological polar surface area (TPSA) is 84.2 Å². The first-order valence-electron chi connectivity index (χ1n) is 6.49. The van der Waals surface area contributed by atoms with Crippen molar-refractivity contribution < 1.29 is 9.59 Å². The quantitative estimate of drug-likeness (QED) is 0.730. The van der Waals surface area contributed by atoms with Crippen molar-refractivity contribution in [3.8, 4) is 0 Å². The monoisotopic (exact) mass is 263 g/mol. The predicted octanol–water partition coefficient (Wildman–Crippen LogP) is 1.77. The molecule has 0 atom stereocenters. The molecule has 0 saturated heterocycles. The van der Waals surface area contributed by atoms with E-state index in [4.69, 9.17) is 5.73 Å². The highest BCUT2D eigenvalue weighted by Crippen LogP contribution is 2.06. The molecule has 104 valence electrons. The molecule has 0 aliphatic carbocycles. The maximum Gasteiger partial charge on any atom is 0.312 e. The lowest BCUT2D eigenvalue weighted by atomic mass is 10.1. The molecule has 1 rings (SSSR count). The van der Waals surface area contributed by atoms with Crippen molar-refractivity contribution >= 4 is 11.9 Å². The first-order valence-corrected chi connectivity index (χ1v) is 6.49. The predicted molar refractivity (Wildman–Crippen MR) is 74.7 cm³/mol. The van der Waals surface area contributed by atoms with E-state index in [1.165, 1.54) is 0 Å². The summed E-state index contributed by atoms with van der Waals surface area (Å²) in [5.41, 5.74) is 6.51. The van der Waals surface area contributed by atoms with Crippen molar-refractivity contribution in [3.05, 3.63) is 35.4 Å².